The van der Waals surface area contributed by atoms with Gasteiger partial charge in [-0.25, -0.2) is 0 Å². The Labute approximate surface area is 153 Å². The second kappa shape index (κ2) is 7.28. The van der Waals surface area contributed by atoms with Gasteiger partial charge in [0, 0.05) is 6.08 Å². The summed E-state index contributed by atoms with van der Waals surface area (Å²) in [7, 11) is 3.22. The molecule has 26 heavy (non-hydrogen) atoms. The first-order valence-corrected chi connectivity index (χ1v) is 8.61. The quantitative estimate of drug-likeness (QED) is 0.696. The summed E-state index contributed by atoms with van der Waals surface area (Å²) in [6.45, 7) is 6.07. The van der Waals surface area contributed by atoms with E-state index in [1.807, 2.05) is 24.3 Å². The van der Waals surface area contributed by atoms with Gasteiger partial charge in [-0.3, -0.25) is 4.79 Å². The van der Waals surface area contributed by atoms with Crippen LogP contribution < -0.4 is 9.47 Å². The number of ketones is 1. The third kappa shape index (κ3) is 3.09. The number of benzene rings is 1. The molecular weight excluding hydrogens is 332 g/mol. The van der Waals surface area contributed by atoms with Crippen molar-refractivity contribution in [1.29, 1.82) is 0 Å². The third-order valence-electron chi connectivity index (χ3n) is 5.13. The van der Waals surface area contributed by atoms with E-state index < -0.39 is 5.41 Å². The van der Waals surface area contributed by atoms with E-state index in [0.717, 1.165) is 5.56 Å². The first kappa shape index (κ1) is 18.1. The van der Waals surface area contributed by atoms with Gasteiger partial charge in [-0.15, -0.1) is 6.58 Å². The number of hydrogen-bond donors (Lipinski definition) is 0. The summed E-state index contributed by atoms with van der Waals surface area (Å²) in [4.78, 5) is 13.0. The van der Waals surface area contributed by atoms with E-state index >= 15 is 0 Å². The number of hydrogen-bond acceptors (Lipinski definition) is 5. The third-order valence-corrected chi connectivity index (χ3v) is 5.13. The fourth-order valence-corrected chi connectivity index (χ4v) is 3.61. The van der Waals surface area contributed by atoms with Gasteiger partial charge in [0.05, 0.1) is 19.6 Å². The van der Waals surface area contributed by atoms with Crippen molar-refractivity contribution in [2.75, 3.05) is 21.0 Å². The first-order chi connectivity index (χ1) is 12.5. The van der Waals surface area contributed by atoms with Crippen molar-refractivity contribution in [3.8, 4) is 11.5 Å². The van der Waals surface area contributed by atoms with E-state index in [-0.39, 0.29) is 18.5 Å². The highest BCUT2D eigenvalue weighted by Crippen LogP contribution is 2.44. The van der Waals surface area contributed by atoms with Crippen molar-refractivity contribution >= 4 is 5.78 Å². The minimum absolute atomic E-state index is 0.0228. The van der Waals surface area contributed by atoms with Gasteiger partial charge >= 0.3 is 0 Å². The Morgan fingerprint density at radius 2 is 1.96 bits per heavy atom. The van der Waals surface area contributed by atoms with E-state index in [1.54, 1.807) is 26.4 Å². The summed E-state index contributed by atoms with van der Waals surface area (Å²) in [5.74, 6) is 2.58. The van der Waals surface area contributed by atoms with E-state index in [1.165, 1.54) is 0 Å². The number of fused-ring (bicyclic) bond motifs is 1. The van der Waals surface area contributed by atoms with Crippen LogP contribution in [0.1, 0.15) is 18.9 Å². The van der Waals surface area contributed by atoms with Crippen LogP contribution in [0.2, 0.25) is 0 Å². The van der Waals surface area contributed by atoms with Crippen LogP contribution in [0.25, 0.3) is 0 Å². The Morgan fingerprint density at radius 3 is 2.65 bits per heavy atom. The Morgan fingerprint density at radius 1 is 1.23 bits per heavy atom. The van der Waals surface area contributed by atoms with Crippen molar-refractivity contribution in [2.24, 2.45) is 11.3 Å². The maximum Gasteiger partial charge on any atom is 0.231 e. The van der Waals surface area contributed by atoms with E-state index in [2.05, 4.69) is 13.5 Å². The molecular formula is C21H24O5. The molecule has 1 saturated heterocycles. The monoisotopic (exact) mass is 356 g/mol. The van der Waals surface area contributed by atoms with Crippen LogP contribution in [0.15, 0.2) is 54.5 Å². The number of methoxy groups -OCH3 is 2. The largest absolute Gasteiger partial charge is 0.493 e. The highest BCUT2D eigenvalue weighted by atomic mass is 16.7. The molecule has 0 aromatic heterocycles. The van der Waals surface area contributed by atoms with Crippen LogP contribution >= 0.6 is 0 Å². The average molecular weight is 356 g/mol. The summed E-state index contributed by atoms with van der Waals surface area (Å²) in [5.41, 5.74) is 0.379. The maximum absolute atomic E-state index is 13.0. The summed E-state index contributed by atoms with van der Waals surface area (Å²) < 4.78 is 21.6. The zero-order valence-electron chi connectivity index (χ0n) is 15.4. The molecule has 3 rings (SSSR count). The van der Waals surface area contributed by atoms with Gasteiger partial charge in [0.2, 0.25) is 6.79 Å². The van der Waals surface area contributed by atoms with Crippen LogP contribution in [-0.4, -0.2) is 26.8 Å². The summed E-state index contributed by atoms with van der Waals surface area (Å²) in [6.07, 6.45) is 6.49. The van der Waals surface area contributed by atoms with Crippen molar-refractivity contribution in [3.63, 3.8) is 0 Å². The predicted molar refractivity (Wildman–Crippen MR) is 97.9 cm³/mol. The molecule has 0 spiro atoms. The molecule has 2 aliphatic rings. The lowest BCUT2D eigenvalue weighted by Gasteiger charge is -2.35. The lowest BCUT2D eigenvalue weighted by molar-refractivity contribution is -0.124. The van der Waals surface area contributed by atoms with Crippen LogP contribution in [-0.2, 0) is 20.7 Å². The molecule has 2 atom stereocenters. The molecule has 1 aromatic carbocycles. The van der Waals surface area contributed by atoms with E-state index in [9.17, 15) is 4.79 Å². The molecule has 0 amide bonds. The molecule has 1 aliphatic heterocycles. The Kier molecular flexibility index (Phi) is 5.07. The summed E-state index contributed by atoms with van der Waals surface area (Å²) in [5, 5.41) is 0. The molecule has 1 fully saturated rings. The molecule has 1 aliphatic carbocycles. The van der Waals surface area contributed by atoms with Crippen LogP contribution in [0.5, 0.6) is 11.5 Å². The molecule has 1 heterocycles. The Bertz CT molecular complexity index is 777. The smallest absolute Gasteiger partial charge is 0.231 e. The van der Waals surface area contributed by atoms with E-state index in [0.29, 0.717) is 35.9 Å². The molecule has 0 N–H and O–H groups in total. The fourth-order valence-electron chi connectivity index (χ4n) is 3.61. The highest BCUT2D eigenvalue weighted by molar-refractivity contribution is 5.99. The van der Waals surface area contributed by atoms with Gasteiger partial charge in [0.1, 0.15) is 0 Å². The molecule has 5 nitrogen and oxygen atoms in total. The molecule has 2 unspecified atom stereocenters. The average Bonchev–Trinajstić information content (AvgIpc) is 3.08. The van der Waals surface area contributed by atoms with Crippen molar-refractivity contribution < 1.29 is 23.7 Å². The minimum atomic E-state index is -0.693. The molecule has 5 heteroatoms. The minimum Gasteiger partial charge on any atom is -0.493 e. The number of carbonyl (C=O) groups excluding carboxylic acids is 1. The van der Waals surface area contributed by atoms with Gasteiger partial charge in [-0.2, -0.15) is 0 Å². The normalized spacial score (nSPS) is 22.3. The Hall–Kier alpha value is -2.69. The van der Waals surface area contributed by atoms with Crippen molar-refractivity contribution in [2.45, 2.75) is 19.8 Å². The lowest BCUT2D eigenvalue weighted by atomic mass is 9.66. The Balaban J connectivity index is 1.91. The predicted octanol–water partition coefficient (Wildman–Crippen LogP) is 3.80. The van der Waals surface area contributed by atoms with Crippen LogP contribution in [0, 0.1) is 11.3 Å². The molecule has 1 aromatic rings. The molecule has 0 bridgehead atoms. The maximum atomic E-state index is 13.0. The van der Waals surface area contributed by atoms with Crippen LogP contribution in [0.3, 0.4) is 0 Å². The zero-order chi connectivity index (χ0) is 18.7. The lowest BCUT2D eigenvalue weighted by Crippen LogP contribution is -2.38. The molecule has 138 valence electrons. The van der Waals surface area contributed by atoms with Gasteiger partial charge in [-0.1, -0.05) is 19.1 Å². The number of carbonyl (C=O) groups is 1. The van der Waals surface area contributed by atoms with Gasteiger partial charge in [0.15, 0.2) is 28.8 Å². The van der Waals surface area contributed by atoms with E-state index in [4.69, 9.17) is 18.9 Å². The van der Waals surface area contributed by atoms with Crippen molar-refractivity contribution in [1.82, 2.24) is 0 Å². The van der Waals surface area contributed by atoms with Gasteiger partial charge in [-0.05, 0) is 42.5 Å². The van der Waals surface area contributed by atoms with Gasteiger partial charge < -0.3 is 18.9 Å². The highest BCUT2D eigenvalue weighted by Gasteiger charge is 2.44. The second-order valence-corrected chi connectivity index (χ2v) is 6.62. The number of rotatable bonds is 7. The summed E-state index contributed by atoms with van der Waals surface area (Å²) in [6, 6.07) is 5.83. The summed E-state index contributed by atoms with van der Waals surface area (Å²) >= 11 is 0. The zero-order valence-corrected chi connectivity index (χ0v) is 15.4. The number of ether oxygens (including phenoxy) is 4. The van der Waals surface area contributed by atoms with Crippen LogP contribution in [0.4, 0.5) is 0 Å². The van der Waals surface area contributed by atoms with Gasteiger partial charge in [0.25, 0.3) is 0 Å². The van der Waals surface area contributed by atoms with Crippen molar-refractivity contribution in [3.05, 3.63) is 60.1 Å². The second-order valence-electron chi connectivity index (χ2n) is 6.62. The first-order valence-electron chi connectivity index (χ1n) is 8.61. The molecule has 0 saturated carbocycles. The SMILES string of the molecule is C=CCC1(C(C)Cc2ccc(OC)c(OC)c2)C=C2OCOC2=CC1=O. The fraction of sp³-hybridized carbons (Fsp3) is 0.381. The standard InChI is InChI=1S/C21H24O5/c1-5-8-21(12-19-18(11-20(21)22)25-13-26-19)14(2)9-15-6-7-16(23-3)17(10-15)24-4/h5-7,10-12,14H,1,8-9,13H2,2-4H3. The molecule has 0 radical (unpaired) electrons. The number of allylic oxidation sites excluding steroid dienone is 3. The topological polar surface area (TPSA) is 54.0 Å².